The van der Waals surface area contributed by atoms with Crippen LogP contribution in [0.15, 0.2) is 0 Å². The fraction of sp³-hybridized carbons (Fsp3) is 0.800. The summed E-state index contributed by atoms with van der Waals surface area (Å²) >= 11 is 0. The summed E-state index contributed by atoms with van der Waals surface area (Å²) in [7, 11) is 0. The quantitative estimate of drug-likeness (QED) is 0.689. The van der Waals surface area contributed by atoms with Crippen LogP contribution >= 0.6 is 0 Å². The Morgan fingerprint density at radius 1 is 1.50 bits per heavy atom. The van der Waals surface area contributed by atoms with E-state index in [1.165, 1.54) is 0 Å². The predicted octanol–water partition coefficient (Wildman–Crippen LogP) is 0.276. The SMILES string of the molecule is CCC[C@H]1NC(=O)[C@H]2CCCN2C1=O. The van der Waals surface area contributed by atoms with Gasteiger partial charge in [0, 0.05) is 6.54 Å². The topological polar surface area (TPSA) is 49.4 Å². The molecule has 14 heavy (non-hydrogen) atoms. The summed E-state index contributed by atoms with van der Waals surface area (Å²) in [5, 5.41) is 2.81. The first kappa shape index (κ1) is 9.49. The van der Waals surface area contributed by atoms with Crippen LogP contribution in [0.2, 0.25) is 0 Å². The zero-order chi connectivity index (χ0) is 10.1. The summed E-state index contributed by atoms with van der Waals surface area (Å²) < 4.78 is 0. The number of amides is 2. The molecule has 0 radical (unpaired) electrons. The first-order valence-electron chi connectivity index (χ1n) is 5.35. The minimum absolute atomic E-state index is 0.0422. The van der Waals surface area contributed by atoms with E-state index < -0.39 is 0 Å². The van der Waals surface area contributed by atoms with Gasteiger partial charge in [0.15, 0.2) is 0 Å². The van der Waals surface area contributed by atoms with Crippen molar-refractivity contribution in [1.82, 2.24) is 10.2 Å². The molecule has 2 aliphatic rings. The highest BCUT2D eigenvalue weighted by atomic mass is 16.2. The van der Waals surface area contributed by atoms with Crippen LogP contribution in [0.1, 0.15) is 32.6 Å². The Bertz CT molecular complexity index is 265. The van der Waals surface area contributed by atoms with Crippen LogP contribution in [0.3, 0.4) is 0 Å². The molecule has 0 saturated carbocycles. The molecule has 2 heterocycles. The number of nitrogens with zero attached hydrogens (tertiary/aromatic N) is 1. The molecule has 0 aliphatic carbocycles. The minimum Gasteiger partial charge on any atom is -0.343 e. The summed E-state index contributed by atoms with van der Waals surface area (Å²) in [6, 6.07) is -0.433. The third-order valence-electron chi connectivity index (χ3n) is 3.03. The van der Waals surface area contributed by atoms with Gasteiger partial charge in [0.25, 0.3) is 0 Å². The molecular weight excluding hydrogens is 180 g/mol. The van der Waals surface area contributed by atoms with Gasteiger partial charge in [-0.15, -0.1) is 0 Å². The zero-order valence-electron chi connectivity index (χ0n) is 8.45. The molecule has 2 saturated heterocycles. The van der Waals surface area contributed by atoms with Gasteiger partial charge in [-0.2, -0.15) is 0 Å². The van der Waals surface area contributed by atoms with Crippen molar-refractivity contribution >= 4 is 11.8 Å². The van der Waals surface area contributed by atoms with E-state index in [2.05, 4.69) is 5.32 Å². The molecule has 0 aromatic heterocycles. The van der Waals surface area contributed by atoms with E-state index in [1.54, 1.807) is 4.90 Å². The normalized spacial score (nSPS) is 31.6. The van der Waals surface area contributed by atoms with Gasteiger partial charge in [-0.05, 0) is 19.3 Å². The Balaban J connectivity index is 2.12. The van der Waals surface area contributed by atoms with Gasteiger partial charge >= 0.3 is 0 Å². The van der Waals surface area contributed by atoms with Crippen molar-refractivity contribution in [2.45, 2.75) is 44.7 Å². The first-order valence-corrected chi connectivity index (χ1v) is 5.35. The number of rotatable bonds is 2. The molecule has 4 heteroatoms. The van der Waals surface area contributed by atoms with E-state index in [0.717, 1.165) is 32.2 Å². The highest BCUT2D eigenvalue weighted by Crippen LogP contribution is 2.22. The molecule has 2 aliphatic heterocycles. The van der Waals surface area contributed by atoms with Crippen LogP contribution in [0, 0.1) is 0 Å². The monoisotopic (exact) mass is 196 g/mol. The van der Waals surface area contributed by atoms with Gasteiger partial charge < -0.3 is 10.2 Å². The standard InChI is InChI=1S/C10H16N2O2/c1-2-4-7-10(14)12-6-3-5-8(12)9(13)11-7/h7-8H,2-6H2,1H3,(H,11,13)/t7-,8-/m1/s1. The van der Waals surface area contributed by atoms with E-state index in [9.17, 15) is 9.59 Å². The van der Waals surface area contributed by atoms with Gasteiger partial charge in [-0.3, -0.25) is 9.59 Å². The number of nitrogens with one attached hydrogen (secondary N) is 1. The number of carbonyl (C=O) groups excluding carboxylic acids is 2. The zero-order valence-corrected chi connectivity index (χ0v) is 8.45. The Hall–Kier alpha value is -1.06. The van der Waals surface area contributed by atoms with Gasteiger partial charge in [0.2, 0.25) is 11.8 Å². The van der Waals surface area contributed by atoms with Crippen molar-refractivity contribution in [3.8, 4) is 0 Å². The smallest absolute Gasteiger partial charge is 0.245 e. The highest BCUT2D eigenvalue weighted by Gasteiger charge is 2.42. The number of fused-ring (bicyclic) bond motifs is 1. The number of carbonyl (C=O) groups is 2. The summed E-state index contributed by atoms with van der Waals surface area (Å²) in [5.41, 5.74) is 0. The molecule has 0 aromatic carbocycles. The maximum atomic E-state index is 11.9. The van der Waals surface area contributed by atoms with Crippen molar-refractivity contribution in [2.75, 3.05) is 6.54 Å². The van der Waals surface area contributed by atoms with Crippen LogP contribution in [0.5, 0.6) is 0 Å². The molecule has 2 fully saturated rings. The summed E-state index contributed by atoms with van der Waals surface area (Å²) in [6.07, 6.45) is 3.47. The van der Waals surface area contributed by atoms with Crippen LogP contribution in [-0.2, 0) is 9.59 Å². The molecule has 0 unspecified atom stereocenters. The van der Waals surface area contributed by atoms with Crippen molar-refractivity contribution in [1.29, 1.82) is 0 Å². The molecule has 2 amide bonds. The summed E-state index contributed by atoms with van der Waals surface area (Å²) in [5.74, 6) is 0.162. The Labute approximate surface area is 83.6 Å². The molecule has 0 bridgehead atoms. The van der Waals surface area contributed by atoms with E-state index >= 15 is 0 Å². The van der Waals surface area contributed by atoms with Gasteiger partial charge in [-0.1, -0.05) is 13.3 Å². The second-order valence-corrected chi connectivity index (χ2v) is 4.04. The third-order valence-corrected chi connectivity index (χ3v) is 3.03. The lowest BCUT2D eigenvalue weighted by Gasteiger charge is -2.34. The van der Waals surface area contributed by atoms with Gasteiger partial charge in [0.1, 0.15) is 12.1 Å². The molecule has 4 nitrogen and oxygen atoms in total. The maximum Gasteiger partial charge on any atom is 0.245 e. The summed E-state index contributed by atoms with van der Waals surface area (Å²) in [4.78, 5) is 25.2. The van der Waals surface area contributed by atoms with Gasteiger partial charge in [0.05, 0.1) is 0 Å². The van der Waals surface area contributed by atoms with Gasteiger partial charge in [-0.25, -0.2) is 0 Å². The number of hydrogen-bond donors (Lipinski definition) is 1. The van der Waals surface area contributed by atoms with Crippen molar-refractivity contribution in [3.05, 3.63) is 0 Å². The second-order valence-electron chi connectivity index (χ2n) is 4.04. The van der Waals surface area contributed by atoms with Crippen molar-refractivity contribution < 1.29 is 9.59 Å². The second kappa shape index (κ2) is 3.59. The predicted molar refractivity (Wildman–Crippen MR) is 51.6 cm³/mol. The molecule has 2 atom stereocenters. The summed E-state index contributed by atoms with van der Waals surface area (Å²) in [6.45, 7) is 2.78. The van der Waals surface area contributed by atoms with Crippen LogP contribution in [-0.4, -0.2) is 35.3 Å². The Kier molecular flexibility index (Phi) is 2.44. The fourth-order valence-electron chi connectivity index (χ4n) is 2.32. The Morgan fingerprint density at radius 2 is 2.29 bits per heavy atom. The van der Waals surface area contributed by atoms with Crippen LogP contribution < -0.4 is 5.32 Å². The lowest BCUT2D eigenvalue weighted by Crippen LogP contribution is -2.60. The average molecular weight is 196 g/mol. The lowest BCUT2D eigenvalue weighted by atomic mass is 10.0. The maximum absolute atomic E-state index is 11.9. The fourth-order valence-corrected chi connectivity index (χ4v) is 2.32. The number of hydrogen-bond acceptors (Lipinski definition) is 2. The lowest BCUT2D eigenvalue weighted by molar-refractivity contribution is -0.147. The van der Waals surface area contributed by atoms with Crippen molar-refractivity contribution in [2.24, 2.45) is 0 Å². The molecular formula is C10H16N2O2. The molecule has 78 valence electrons. The van der Waals surface area contributed by atoms with Crippen LogP contribution in [0.25, 0.3) is 0 Å². The number of piperazine rings is 1. The van der Waals surface area contributed by atoms with Crippen LogP contribution in [0.4, 0.5) is 0 Å². The van der Waals surface area contributed by atoms with E-state index in [4.69, 9.17) is 0 Å². The minimum atomic E-state index is -0.262. The molecule has 0 spiro atoms. The Morgan fingerprint density at radius 3 is 3.00 bits per heavy atom. The van der Waals surface area contributed by atoms with E-state index in [-0.39, 0.29) is 23.9 Å². The molecule has 2 rings (SSSR count). The first-order chi connectivity index (χ1) is 6.74. The largest absolute Gasteiger partial charge is 0.343 e. The van der Waals surface area contributed by atoms with Crippen molar-refractivity contribution in [3.63, 3.8) is 0 Å². The molecule has 1 N–H and O–H groups in total. The third kappa shape index (κ3) is 1.38. The molecule has 0 aromatic rings. The highest BCUT2D eigenvalue weighted by molar-refractivity contribution is 5.97. The van der Waals surface area contributed by atoms with E-state index in [0.29, 0.717) is 0 Å². The van der Waals surface area contributed by atoms with E-state index in [1.807, 2.05) is 6.92 Å². The average Bonchev–Trinajstić information content (AvgIpc) is 2.63.